The van der Waals surface area contributed by atoms with Crippen molar-refractivity contribution in [2.75, 3.05) is 30.9 Å². The molecule has 0 unspecified atom stereocenters. The molecule has 0 fully saturated rings. The van der Waals surface area contributed by atoms with Gasteiger partial charge in [0.25, 0.3) is 15.9 Å². The molecule has 1 amide bonds. The number of amides is 1. The molecule has 4 rings (SSSR count). The number of nitrogens with one attached hydrogen (secondary N) is 2. The Bertz CT molecular complexity index is 1220. The van der Waals surface area contributed by atoms with Crippen LogP contribution in [0.15, 0.2) is 46.7 Å². The number of rotatable bonds is 6. The number of thiazole rings is 1. The number of benzene rings is 2. The van der Waals surface area contributed by atoms with Crippen molar-refractivity contribution in [3.05, 3.63) is 41.8 Å². The molecular formula is C19H17N3O6S2. The fraction of sp³-hybridized carbons (Fsp3) is 0.158. The number of methoxy groups -OCH3 is 2. The van der Waals surface area contributed by atoms with E-state index in [4.69, 9.17) is 14.2 Å². The highest BCUT2D eigenvalue weighted by atomic mass is 32.2. The Labute approximate surface area is 176 Å². The topological polar surface area (TPSA) is 116 Å². The van der Waals surface area contributed by atoms with Crippen LogP contribution in [0.25, 0.3) is 11.3 Å². The third-order valence-electron chi connectivity index (χ3n) is 4.30. The summed E-state index contributed by atoms with van der Waals surface area (Å²) in [5.41, 5.74) is 1.82. The summed E-state index contributed by atoms with van der Waals surface area (Å²) in [6, 6.07) is 9.57. The molecule has 0 radical (unpaired) electrons. The normalized spacial score (nSPS) is 13.1. The second kappa shape index (κ2) is 7.84. The van der Waals surface area contributed by atoms with E-state index in [1.807, 2.05) is 0 Å². The fourth-order valence-electron chi connectivity index (χ4n) is 2.85. The van der Waals surface area contributed by atoms with Crippen LogP contribution in [0.2, 0.25) is 0 Å². The molecule has 1 aliphatic rings. The molecule has 156 valence electrons. The van der Waals surface area contributed by atoms with Gasteiger partial charge in [-0.1, -0.05) is 0 Å². The molecule has 3 aromatic rings. The van der Waals surface area contributed by atoms with Gasteiger partial charge in [0.1, 0.15) is 5.75 Å². The zero-order valence-electron chi connectivity index (χ0n) is 16.0. The molecule has 2 aromatic carbocycles. The number of carbonyl (C=O) groups is 1. The Morgan fingerprint density at radius 2 is 1.93 bits per heavy atom. The van der Waals surface area contributed by atoms with Crippen molar-refractivity contribution in [3.63, 3.8) is 0 Å². The van der Waals surface area contributed by atoms with Crippen LogP contribution in [0.1, 0.15) is 0 Å². The van der Waals surface area contributed by atoms with Gasteiger partial charge in [0, 0.05) is 17.0 Å². The molecule has 0 saturated carbocycles. The molecule has 1 aromatic heterocycles. The van der Waals surface area contributed by atoms with Gasteiger partial charge in [0.15, 0.2) is 23.2 Å². The molecular weight excluding hydrogens is 430 g/mol. The van der Waals surface area contributed by atoms with Crippen LogP contribution in [0.5, 0.6) is 17.2 Å². The number of ether oxygens (including phenoxy) is 3. The molecule has 1 aliphatic heterocycles. The number of carbonyl (C=O) groups excluding carboxylic acids is 1. The smallest absolute Gasteiger partial charge is 0.263 e. The summed E-state index contributed by atoms with van der Waals surface area (Å²) in [4.78, 5) is 15.9. The number of anilines is 2. The SMILES string of the molecule is COc1ccc(S(=O)(=O)Nc2nc(-c3ccc4c(c3)NC(=O)CO4)cs2)cc1OC. The van der Waals surface area contributed by atoms with Gasteiger partial charge in [-0.3, -0.25) is 9.52 Å². The summed E-state index contributed by atoms with van der Waals surface area (Å²) in [6.07, 6.45) is 0. The minimum Gasteiger partial charge on any atom is -0.493 e. The Kier molecular flexibility index (Phi) is 5.22. The maximum absolute atomic E-state index is 12.7. The summed E-state index contributed by atoms with van der Waals surface area (Å²) >= 11 is 1.15. The highest BCUT2D eigenvalue weighted by Crippen LogP contribution is 2.35. The summed E-state index contributed by atoms with van der Waals surface area (Å²) in [5, 5.41) is 4.66. The average molecular weight is 447 g/mol. The first-order valence-corrected chi connectivity index (χ1v) is 11.0. The molecule has 0 bridgehead atoms. The third kappa shape index (κ3) is 3.89. The van der Waals surface area contributed by atoms with Crippen LogP contribution in [-0.4, -0.2) is 40.1 Å². The van der Waals surface area contributed by atoms with Crippen LogP contribution in [-0.2, 0) is 14.8 Å². The Morgan fingerprint density at radius 3 is 2.70 bits per heavy atom. The lowest BCUT2D eigenvalue weighted by molar-refractivity contribution is -0.118. The van der Waals surface area contributed by atoms with Crippen LogP contribution in [0.3, 0.4) is 0 Å². The van der Waals surface area contributed by atoms with Crippen molar-refractivity contribution >= 4 is 38.1 Å². The van der Waals surface area contributed by atoms with E-state index < -0.39 is 10.0 Å². The van der Waals surface area contributed by atoms with Gasteiger partial charge in [-0.05, 0) is 30.3 Å². The Balaban J connectivity index is 1.57. The second-order valence-corrected chi connectivity index (χ2v) is 8.75. The Hall–Kier alpha value is -3.31. The van der Waals surface area contributed by atoms with Gasteiger partial charge in [0.05, 0.1) is 30.5 Å². The maximum Gasteiger partial charge on any atom is 0.263 e. The molecule has 0 aliphatic carbocycles. The van der Waals surface area contributed by atoms with E-state index in [1.54, 1.807) is 23.6 Å². The van der Waals surface area contributed by atoms with Crippen molar-refractivity contribution in [2.45, 2.75) is 4.90 Å². The molecule has 0 spiro atoms. The van der Waals surface area contributed by atoms with E-state index in [0.29, 0.717) is 34.2 Å². The number of hydrogen-bond donors (Lipinski definition) is 2. The van der Waals surface area contributed by atoms with E-state index in [1.165, 1.54) is 32.4 Å². The first-order valence-electron chi connectivity index (χ1n) is 8.67. The quantitative estimate of drug-likeness (QED) is 0.597. The zero-order chi connectivity index (χ0) is 21.3. The lowest BCUT2D eigenvalue weighted by Gasteiger charge is -2.18. The zero-order valence-corrected chi connectivity index (χ0v) is 17.6. The first kappa shape index (κ1) is 20.0. The fourth-order valence-corrected chi connectivity index (χ4v) is 4.84. The van der Waals surface area contributed by atoms with Gasteiger partial charge < -0.3 is 19.5 Å². The summed E-state index contributed by atoms with van der Waals surface area (Å²) in [5.74, 6) is 1.07. The van der Waals surface area contributed by atoms with Crippen molar-refractivity contribution in [1.82, 2.24) is 4.98 Å². The largest absolute Gasteiger partial charge is 0.493 e. The highest BCUT2D eigenvalue weighted by molar-refractivity contribution is 7.93. The average Bonchev–Trinajstić information content (AvgIpc) is 3.20. The molecule has 30 heavy (non-hydrogen) atoms. The summed E-state index contributed by atoms with van der Waals surface area (Å²) in [7, 11) is -0.973. The second-order valence-electron chi connectivity index (χ2n) is 6.21. The van der Waals surface area contributed by atoms with Crippen molar-refractivity contribution < 1.29 is 27.4 Å². The van der Waals surface area contributed by atoms with Gasteiger partial charge >= 0.3 is 0 Å². The predicted molar refractivity (Wildman–Crippen MR) is 112 cm³/mol. The number of fused-ring (bicyclic) bond motifs is 1. The molecule has 2 heterocycles. The lowest BCUT2D eigenvalue weighted by Crippen LogP contribution is -2.25. The minimum absolute atomic E-state index is 0.0190. The molecule has 0 saturated heterocycles. The molecule has 0 atom stereocenters. The predicted octanol–water partition coefficient (Wildman–Crippen LogP) is 2.96. The lowest BCUT2D eigenvalue weighted by atomic mass is 10.1. The van der Waals surface area contributed by atoms with Gasteiger partial charge in [-0.2, -0.15) is 0 Å². The maximum atomic E-state index is 12.7. The van der Waals surface area contributed by atoms with E-state index in [-0.39, 0.29) is 22.5 Å². The van der Waals surface area contributed by atoms with Gasteiger partial charge in [-0.15, -0.1) is 11.3 Å². The van der Waals surface area contributed by atoms with Crippen LogP contribution >= 0.6 is 11.3 Å². The number of hydrogen-bond acceptors (Lipinski definition) is 8. The standard InChI is InChI=1S/C19H17N3O6S2/c1-26-16-6-4-12(8-17(16)27-2)30(24,25)22-19-21-14(10-29-19)11-3-5-15-13(7-11)20-18(23)9-28-15/h3-8,10H,9H2,1-2H3,(H,20,23)(H,21,22). The van der Waals surface area contributed by atoms with E-state index in [0.717, 1.165) is 11.3 Å². The van der Waals surface area contributed by atoms with E-state index >= 15 is 0 Å². The third-order valence-corrected chi connectivity index (χ3v) is 6.52. The highest BCUT2D eigenvalue weighted by Gasteiger charge is 2.20. The molecule has 11 heteroatoms. The van der Waals surface area contributed by atoms with Crippen LogP contribution in [0.4, 0.5) is 10.8 Å². The summed E-state index contributed by atoms with van der Waals surface area (Å²) in [6.45, 7) is -0.0227. The first-order chi connectivity index (χ1) is 14.4. The monoisotopic (exact) mass is 447 g/mol. The van der Waals surface area contributed by atoms with Gasteiger partial charge in [0.2, 0.25) is 0 Å². The van der Waals surface area contributed by atoms with Crippen molar-refractivity contribution in [2.24, 2.45) is 0 Å². The van der Waals surface area contributed by atoms with Crippen molar-refractivity contribution in [1.29, 1.82) is 0 Å². The number of sulfonamides is 1. The number of aromatic nitrogens is 1. The van der Waals surface area contributed by atoms with Gasteiger partial charge in [-0.25, -0.2) is 13.4 Å². The molecule has 2 N–H and O–H groups in total. The van der Waals surface area contributed by atoms with Crippen LogP contribution < -0.4 is 24.2 Å². The summed E-state index contributed by atoms with van der Waals surface area (Å²) < 4.78 is 43.6. The minimum atomic E-state index is -3.88. The van der Waals surface area contributed by atoms with E-state index in [2.05, 4.69) is 15.0 Å². The Morgan fingerprint density at radius 1 is 1.13 bits per heavy atom. The van der Waals surface area contributed by atoms with E-state index in [9.17, 15) is 13.2 Å². The molecule has 9 nitrogen and oxygen atoms in total. The van der Waals surface area contributed by atoms with Crippen molar-refractivity contribution in [3.8, 4) is 28.5 Å². The number of nitrogens with zero attached hydrogens (tertiary/aromatic N) is 1. The van der Waals surface area contributed by atoms with Crippen LogP contribution in [0, 0.1) is 0 Å².